The lowest BCUT2D eigenvalue weighted by atomic mass is 10.1. The summed E-state index contributed by atoms with van der Waals surface area (Å²) in [6.07, 6.45) is 3.89. The van der Waals surface area contributed by atoms with E-state index < -0.39 is 0 Å². The number of hydrogen-bond acceptors (Lipinski definition) is 3. The Morgan fingerprint density at radius 3 is 2.80 bits per heavy atom. The molecule has 2 atom stereocenters. The summed E-state index contributed by atoms with van der Waals surface area (Å²) >= 11 is 5.35. The van der Waals surface area contributed by atoms with Gasteiger partial charge in [-0.3, -0.25) is 4.90 Å². The first-order chi connectivity index (χ1) is 7.25. The fourth-order valence-corrected chi connectivity index (χ4v) is 4.15. The molecule has 1 aromatic heterocycles. The van der Waals surface area contributed by atoms with Gasteiger partial charge in [-0.05, 0) is 41.3 Å². The van der Waals surface area contributed by atoms with Crippen molar-refractivity contribution >= 4 is 27.3 Å². The Labute approximate surface area is 103 Å². The molecule has 0 radical (unpaired) electrons. The van der Waals surface area contributed by atoms with Crippen molar-refractivity contribution in [1.29, 1.82) is 0 Å². The predicted octanol–water partition coefficient (Wildman–Crippen LogP) is 2.75. The molecule has 2 nitrogen and oxygen atoms in total. The van der Waals surface area contributed by atoms with E-state index in [4.69, 9.17) is 5.73 Å². The van der Waals surface area contributed by atoms with Crippen LogP contribution in [0.5, 0.6) is 0 Å². The first-order valence-electron chi connectivity index (χ1n) is 5.51. The first kappa shape index (κ1) is 10.3. The Bertz CT molecular complexity index is 361. The second-order valence-electron chi connectivity index (χ2n) is 4.53. The molecule has 1 aliphatic heterocycles. The van der Waals surface area contributed by atoms with Crippen molar-refractivity contribution in [3.63, 3.8) is 0 Å². The van der Waals surface area contributed by atoms with Crippen molar-refractivity contribution in [3.8, 4) is 0 Å². The lowest BCUT2D eigenvalue weighted by molar-refractivity contribution is 0.240. The van der Waals surface area contributed by atoms with Gasteiger partial charge in [-0.2, -0.15) is 0 Å². The Kier molecular flexibility index (Phi) is 2.63. The van der Waals surface area contributed by atoms with Gasteiger partial charge in [-0.25, -0.2) is 0 Å². The second kappa shape index (κ2) is 3.84. The van der Waals surface area contributed by atoms with Crippen LogP contribution in [0.1, 0.15) is 30.2 Å². The first-order valence-corrected chi connectivity index (χ1v) is 7.18. The molecule has 82 valence electrons. The van der Waals surface area contributed by atoms with Crippen molar-refractivity contribution < 1.29 is 0 Å². The summed E-state index contributed by atoms with van der Waals surface area (Å²) in [6, 6.07) is 3.87. The summed E-state index contributed by atoms with van der Waals surface area (Å²) < 4.78 is 1.19. The van der Waals surface area contributed by atoms with Crippen LogP contribution in [0.3, 0.4) is 0 Å². The van der Waals surface area contributed by atoms with Crippen LogP contribution in [-0.2, 0) is 0 Å². The van der Waals surface area contributed by atoms with Gasteiger partial charge in [-0.1, -0.05) is 0 Å². The normalized spacial score (nSPS) is 32.4. The van der Waals surface area contributed by atoms with Gasteiger partial charge in [0.15, 0.2) is 0 Å². The zero-order chi connectivity index (χ0) is 10.4. The molecule has 0 aromatic carbocycles. The largest absolute Gasteiger partial charge is 0.326 e. The van der Waals surface area contributed by atoms with E-state index in [9.17, 15) is 0 Å². The lowest BCUT2D eigenvalue weighted by Gasteiger charge is -2.25. The molecule has 1 saturated carbocycles. The Morgan fingerprint density at radius 2 is 2.20 bits per heavy atom. The Morgan fingerprint density at radius 1 is 1.40 bits per heavy atom. The van der Waals surface area contributed by atoms with Gasteiger partial charge in [0.1, 0.15) is 0 Å². The summed E-state index contributed by atoms with van der Waals surface area (Å²) in [7, 11) is 0. The van der Waals surface area contributed by atoms with Gasteiger partial charge in [0.2, 0.25) is 0 Å². The molecule has 2 heterocycles. The van der Waals surface area contributed by atoms with Crippen LogP contribution in [0, 0.1) is 0 Å². The SMILES string of the molecule is NC1CCN(C2CC2)C1c1cc(Br)cs1. The van der Waals surface area contributed by atoms with Crippen molar-refractivity contribution in [2.24, 2.45) is 5.73 Å². The lowest BCUT2D eigenvalue weighted by Crippen LogP contribution is -2.32. The molecule has 2 fully saturated rings. The summed E-state index contributed by atoms with van der Waals surface area (Å²) in [5.41, 5.74) is 6.23. The van der Waals surface area contributed by atoms with Crippen LogP contribution < -0.4 is 5.73 Å². The molecule has 15 heavy (non-hydrogen) atoms. The van der Waals surface area contributed by atoms with E-state index in [1.165, 1.54) is 28.7 Å². The monoisotopic (exact) mass is 286 g/mol. The number of nitrogens with two attached hydrogens (primary N) is 1. The van der Waals surface area contributed by atoms with Crippen LogP contribution >= 0.6 is 27.3 Å². The third-order valence-electron chi connectivity index (χ3n) is 3.38. The van der Waals surface area contributed by atoms with Gasteiger partial charge in [0, 0.05) is 33.4 Å². The van der Waals surface area contributed by atoms with Crippen LogP contribution in [0.2, 0.25) is 0 Å². The number of hydrogen-bond donors (Lipinski definition) is 1. The predicted molar refractivity (Wildman–Crippen MR) is 67.1 cm³/mol. The summed E-state index contributed by atoms with van der Waals surface area (Å²) in [5, 5.41) is 2.16. The molecule has 2 aliphatic rings. The average Bonchev–Trinajstić information content (AvgIpc) is 2.86. The number of nitrogens with zero attached hydrogens (tertiary/aromatic N) is 1. The Balaban J connectivity index is 1.87. The molecule has 0 amide bonds. The van der Waals surface area contributed by atoms with Crippen LogP contribution in [0.25, 0.3) is 0 Å². The topological polar surface area (TPSA) is 29.3 Å². The van der Waals surface area contributed by atoms with Gasteiger partial charge >= 0.3 is 0 Å². The third kappa shape index (κ3) is 1.88. The molecule has 4 heteroatoms. The highest BCUT2D eigenvalue weighted by Gasteiger charge is 2.41. The van der Waals surface area contributed by atoms with Crippen LogP contribution in [0.15, 0.2) is 15.9 Å². The van der Waals surface area contributed by atoms with Gasteiger partial charge in [-0.15, -0.1) is 11.3 Å². The molecule has 2 unspecified atom stereocenters. The van der Waals surface area contributed by atoms with Crippen LogP contribution in [0.4, 0.5) is 0 Å². The maximum atomic E-state index is 6.23. The minimum Gasteiger partial charge on any atom is -0.326 e. The highest BCUT2D eigenvalue weighted by Crippen LogP contribution is 2.42. The maximum Gasteiger partial charge on any atom is 0.0596 e. The molecule has 1 saturated heterocycles. The molecular weight excluding hydrogens is 272 g/mol. The summed E-state index contributed by atoms with van der Waals surface area (Å²) in [5.74, 6) is 0. The van der Waals surface area contributed by atoms with Crippen LogP contribution in [-0.4, -0.2) is 23.5 Å². The fraction of sp³-hybridized carbons (Fsp3) is 0.636. The summed E-state index contributed by atoms with van der Waals surface area (Å²) in [4.78, 5) is 4.04. The Hall–Kier alpha value is 0.1000. The maximum absolute atomic E-state index is 6.23. The molecule has 3 rings (SSSR count). The minimum absolute atomic E-state index is 0.330. The molecule has 0 spiro atoms. The standard InChI is InChI=1S/C11H15BrN2S/c12-7-5-10(15-6-7)11-9(13)3-4-14(11)8-1-2-8/h5-6,8-9,11H,1-4,13H2. The van der Waals surface area contributed by atoms with E-state index >= 15 is 0 Å². The number of likely N-dealkylation sites (tertiary alicyclic amines) is 1. The minimum atomic E-state index is 0.330. The van der Waals surface area contributed by atoms with E-state index in [1.54, 1.807) is 0 Å². The highest BCUT2D eigenvalue weighted by molar-refractivity contribution is 9.10. The van der Waals surface area contributed by atoms with Gasteiger partial charge in [0.05, 0.1) is 6.04 Å². The second-order valence-corrected chi connectivity index (χ2v) is 6.39. The number of halogens is 1. The zero-order valence-corrected chi connectivity index (χ0v) is 10.9. The van der Waals surface area contributed by atoms with Crippen molar-refractivity contribution in [3.05, 3.63) is 20.8 Å². The highest BCUT2D eigenvalue weighted by atomic mass is 79.9. The molecular formula is C11H15BrN2S. The van der Waals surface area contributed by atoms with E-state index in [-0.39, 0.29) is 0 Å². The van der Waals surface area contributed by atoms with E-state index in [0.717, 1.165) is 12.5 Å². The zero-order valence-electron chi connectivity index (χ0n) is 8.53. The smallest absolute Gasteiger partial charge is 0.0596 e. The molecule has 1 aliphatic carbocycles. The molecule has 2 N–H and O–H groups in total. The van der Waals surface area contributed by atoms with Crippen molar-refractivity contribution in [2.45, 2.75) is 37.4 Å². The van der Waals surface area contributed by atoms with E-state index in [0.29, 0.717) is 12.1 Å². The van der Waals surface area contributed by atoms with E-state index in [2.05, 4.69) is 32.3 Å². The van der Waals surface area contributed by atoms with Crippen molar-refractivity contribution in [2.75, 3.05) is 6.54 Å². The average molecular weight is 287 g/mol. The van der Waals surface area contributed by atoms with Crippen molar-refractivity contribution in [1.82, 2.24) is 4.90 Å². The quantitative estimate of drug-likeness (QED) is 0.906. The number of thiophene rings is 1. The molecule has 0 bridgehead atoms. The van der Waals surface area contributed by atoms with E-state index in [1.807, 2.05) is 11.3 Å². The third-order valence-corrected chi connectivity index (χ3v) is 5.14. The van der Waals surface area contributed by atoms with Gasteiger partial charge < -0.3 is 5.73 Å². The van der Waals surface area contributed by atoms with Gasteiger partial charge in [0.25, 0.3) is 0 Å². The molecule has 1 aromatic rings. The summed E-state index contributed by atoms with van der Waals surface area (Å²) in [6.45, 7) is 1.19. The number of rotatable bonds is 2. The fourth-order valence-electron chi connectivity index (χ4n) is 2.51.